The maximum absolute atomic E-state index is 12.6. The van der Waals surface area contributed by atoms with Gasteiger partial charge in [0.15, 0.2) is 0 Å². The van der Waals surface area contributed by atoms with Gasteiger partial charge in [-0.2, -0.15) is 0 Å². The third kappa shape index (κ3) is 5.13. The van der Waals surface area contributed by atoms with Crippen LogP contribution in [0, 0.1) is 0 Å². The molecule has 1 aliphatic heterocycles. The van der Waals surface area contributed by atoms with E-state index in [1.165, 1.54) is 11.4 Å². The predicted octanol–water partition coefficient (Wildman–Crippen LogP) is 3.95. The second-order valence-corrected chi connectivity index (χ2v) is 7.53. The Bertz CT molecular complexity index is 776. The number of rotatable bonds is 6. The molecule has 3 rings (SSSR count). The molecule has 156 valence electrons. The van der Waals surface area contributed by atoms with E-state index < -0.39 is 0 Å². The molecule has 6 nitrogen and oxygen atoms in total. The van der Waals surface area contributed by atoms with Gasteiger partial charge in [0, 0.05) is 76.1 Å². The smallest absolute Gasteiger partial charge is 0.321 e. The SMILES string of the molecule is CCN(CC)c1ccc(N2CCN(C(=O)Nc3ccc(N(C)C)cc3)CC2)cc1. The zero-order chi connectivity index (χ0) is 20.8. The number of carbonyl (C=O) groups excluding carboxylic acids is 1. The van der Waals surface area contributed by atoms with Crippen LogP contribution >= 0.6 is 0 Å². The summed E-state index contributed by atoms with van der Waals surface area (Å²) in [6.07, 6.45) is 0. The van der Waals surface area contributed by atoms with Gasteiger partial charge in [0.1, 0.15) is 0 Å². The minimum Gasteiger partial charge on any atom is -0.378 e. The summed E-state index contributed by atoms with van der Waals surface area (Å²) in [6, 6.07) is 16.6. The van der Waals surface area contributed by atoms with Crippen LogP contribution in [0.15, 0.2) is 48.5 Å². The highest BCUT2D eigenvalue weighted by molar-refractivity contribution is 5.89. The summed E-state index contributed by atoms with van der Waals surface area (Å²) < 4.78 is 0. The number of amides is 2. The Morgan fingerprint density at radius 3 is 1.93 bits per heavy atom. The van der Waals surface area contributed by atoms with E-state index in [9.17, 15) is 4.79 Å². The molecule has 1 fully saturated rings. The Labute approximate surface area is 174 Å². The van der Waals surface area contributed by atoms with Crippen LogP contribution in [-0.2, 0) is 0 Å². The van der Waals surface area contributed by atoms with E-state index in [-0.39, 0.29) is 6.03 Å². The van der Waals surface area contributed by atoms with Gasteiger partial charge in [-0.15, -0.1) is 0 Å². The van der Waals surface area contributed by atoms with Crippen molar-refractivity contribution in [3.8, 4) is 0 Å². The maximum Gasteiger partial charge on any atom is 0.321 e. The second-order valence-electron chi connectivity index (χ2n) is 7.53. The van der Waals surface area contributed by atoms with Gasteiger partial charge < -0.3 is 24.9 Å². The molecule has 0 aromatic heterocycles. The summed E-state index contributed by atoms with van der Waals surface area (Å²) in [5, 5.41) is 3.01. The fraction of sp³-hybridized carbons (Fsp3) is 0.435. The summed E-state index contributed by atoms with van der Waals surface area (Å²) in [7, 11) is 4.01. The van der Waals surface area contributed by atoms with Crippen molar-refractivity contribution in [2.45, 2.75) is 13.8 Å². The lowest BCUT2D eigenvalue weighted by Gasteiger charge is -2.36. The summed E-state index contributed by atoms with van der Waals surface area (Å²) in [4.78, 5) is 21.2. The van der Waals surface area contributed by atoms with Crippen LogP contribution in [-0.4, -0.2) is 64.3 Å². The first-order chi connectivity index (χ1) is 14.0. The highest BCUT2D eigenvalue weighted by Gasteiger charge is 2.21. The molecule has 0 aliphatic carbocycles. The Morgan fingerprint density at radius 2 is 1.41 bits per heavy atom. The standard InChI is InChI=1S/C23H33N5O/c1-5-26(6-2)21-11-13-22(14-12-21)27-15-17-28(18-16-27)23(29)24-19-7-9-20(10-8-19)25(3)4/h7-14H,5-6,15-18H2,1-4H3,(H,24,29). The van der Waals surface area contributed by atoms with Crippen molar-refractivity contribution >= 4 is 28.8 Å². The van der Waals surface area contributed by atoms with Crippen LogP contribution in [0.4, 0.5) is 27.5 Å². The average Bonchev–Trinajstić information content (AvgIpc) is 2.75. The number of benzene rings is 2. The van der Waals surface area contributed by atoms with Gasteiger partial charge >= 0.3 is 6.03 Å². The van der Waals surface area contributed by atoms with Crippen LogP contribution in [0.5, 0.6) is 0 Å². The maximum atomic E-state index is 12.6. The molecular weight excluding hydrogens is 362 g/mol. The summed E-state index contributed by atoms with van der Waals surface area (Å²) >= 11 is 0. The number of nitrogens with one attached hydrogen (secondary N) is 1. The molecule has 29 heavy (non-hydrogen) atoms. The molecule has 2 aromatic carbocycles. The third-order valence-corrected chi connectivity index (χ3v) is 5.55. The molecule has 2 amide bonds. The predicted molar refractivity (Wildman–Crippen MR) is 124 cm³/mol. The normalized spacial score (nSPS) is 13.9. The van der Waals surface area contributed by atoms with E-state index in [4.69, 9.17) is 0 Å². The molecule has 2 aromatic rings. The quantitative estimate of drug-likeness (QED) is 0.804. The summed E-state index contributed by atoms with van der Waals surface area (Å²) in [5.41, 5.74) is 4.43. The lowest BCUT2D eigenvalue weighted by molar-refractivity contribution is 0.208. The van der Waals surface area contributed by atoms with Crippen molar-refractivity contribution in [2.75, 3.05) is 73.4 Å². The fourth-order valence-electron chi connectivity index (χ4n) is 3.68. The zero-order valence-corrected chi connectivity index (χ0v) is 18.1. The molecule has 0 radical (unpaired) electrons. The van der Waals surface area contributed by atoms with Crippen molar-refractivity contribution in [1.29, 1.82) is 0 Å². The van der Waals surface area contributed by atoms with Crippen molar-refractivity contribution in [2.24, 2.45) is 0 Å². The van der Waals surface area contributed by atoms with Crippen LogP contribution in [0.3, 0.4) is 0 Å². The highest BCUT2D eigenvalue weighted by Crippen LogP contribution is 2.22. The first-order valence-electron chi connectivity index (χ1n) is 10.4. The monoisotopic (exact) mass is 395 g/mol. The molecule has 1 heterocycles. The molecule has 6 heteroatoms. The third-order valence-electron chi connectivity index (χ3n) is 5.55. The van der Waals surface area contributed by atoms with Gasteiger partial charge in [-0.25, -0.2) is 4.79 Å². The molecular formula is C23H33N5O. The lowest BCUT2D eigenvalue weighted by atomic mass is 10.2. The minimum atomic E-state index is -0.0286. The highest BCUT2D eigenvalue weighted by atomic mass is 16.2. The van der Waals surface area contributed by atoms with Crippen LogP contribution < -0.4 is 20.0 Å². The zero-order valence-electron chi connectivity index (χ0n) is 18.1. The van der Waals surface area contributed by atoms with Gasteiger partial charge in [-0.05, 0) is 62.4 Å². The largest absolute Gasteiger partial charge is 0.378 e. The van der Waals surface area contributed by atoms with Gasteiger partial charge in [0.25, 0.3) is 0 Å². The molecule has 0 saturated carbocycles. The Balaban J connectivity index is 1.52. The number of nitrogens with zero attached hydrogens (tertiary/aromatic N) is 4. The Hall–Kier alpha value is -2.89. The van der Waals surface area contributed by atoms with Crippen molar-refractivity contribution in [1.82, 2.24) is 4.90 Å². The summed E-state index contributed by atoms with van der Waals surface area (Å²) in [5.74, 6) is 0. The molecule has 1 saturated heterocycles. The molecule has 0 spiro atoms. The topological polar surface area (TPSA) is 42.1 Å². The Kier molecular flexibility index (Phi) is 6.86. The first kappa shape index (κ1) is 20.8. The van der Waals surface area contributed by atoms with Crippen LogP contribution in [0.25, 0.3) is 0 Å². The van der Waals surface area contributed by atoms with Gasteiger partial charge in [0.05, 0.1) is 0 Å². The van der Waals surface area contributed by atoms with E-state index in [0.717, 1.165) is 50.6 Å². The Morgan fingerprint density at radius 1 is 0.862 bits per heavy atom. The van der Waals surface area contributed by atoms with Crippen molar-refractivity contribution in [3.05, 3.63) is 48.5 Å². The lowest BCUT2D eigenvalue weighted by Crippen LogP contribution is -2.50. The number of piperazine rings is 1. The number of urea groups is 1. The van der Waals surface area contributed by atoms with Gasteiger partial charge in [-0.3, -0.25) is 0 Å². The first-order valence-corrected chi connectivity index (χ1v) is 10.4. The van der Waals surface area contributed by atoms with Gasteiger partial charge in [0.2, 0.25) is 0 Å². The molecule has 0 bridgehead atoms. The second kappa shape index (κ2) is 9.54. The minimum absolute atomic E-state index is 0.0286. The fourth-order valence-corrected chi connectivity index (χ4v) is 3.68. The van der Waals surface area contributed by atoms with E-state index in [1.54, 1.807) is 0 Å². The molecule has 1 N–H and O–H groups in total. The number of carbonyl (C=O) groups is 1. The van der Waals surface area contributed by atoms with Crippen molar-refractivity contribution < 1.29 is 4.79 Å². The molecule has 0 atom stereocenters. The molecule has 0 unspecified atom stereocenters. The molecule has 1 aliphatic rings. The number of hydrogen-bond acceptors (Lipinski definition) is 4. The number of hydrogen-bond donors (Lipinski definition) is 1. The number of anilines is 4. The van der Waals surface area contributed by atoms with Crippen LogP contribution in [0.1, 0.15) is 13.8 Å². The van der Waals surface area contributed by atoms with E-state index in [0.29, 0.717) is 0 Å². The van der Waals surface area contributed by atoms with E-state index in [1.807, 2.05) is 48.2 Å². The van der Waals surface area contributed by atoms with Crippen LogP contribution in [0.2, 0.25) is 0 Å². The van der Waals surface area contributed by atoms with Gasteiger partial charge in [-0.1, -0.05) is 0 Å². The van der Waals surface area contributed by atoms with E-state index >= 15 is 0 Å². The van der Waals surface area contributed by atoms with E-state index in [2.05, 4.69) is 53.2 Å². The van der Waals surface area contributed by atoms with Crippen molar-refractivity contribution in [3.63, 3.8) is 0 Å². The summed E-state index contributed by atoms with van der Waals surface area (Å²) in [6.45, 7) is 9.52. The average molecular weight is 396 g/mol.